The van der Waals surface area contributed by atoms with Gasteiger partial charge in [0.25, 0.3) is 5.91 Å². The summed E-state index contributed by atoms with van der Waals surface area (Å²) >= 11 is 12.4. The summed E-state index contributed by atoms with van der Waals surface area (Å²) in [6.07, 6.45) is -2.39. The van der Waals surface area contributed by atoms with E-state index in [1.54, 1.807) is 32.2 Å². The predicted octanol–water partition coefficient (Wildman–Crippen LogP) is 6.28. The molecule has 9 heteroatoms. The fourth-order valence-corrected chi connectivity index (χ4v) is 3.83. The van der Waals surface area contributed by atoms with Gasteiger partial charge in [0.15, 0.2) is 0 Å². The van der Waals surface area contributed by atoms with E-state index in [9.17, 15) is 18.0 Å². The van der Waals surface area contributed by atoms with Crippen LogP contribution in [0.25, 0.3) is 10.8 Å². The van der Waals surface area contributed by atoms with Gasteiger partial charge >= 0.3 is 6.18 Å². The largest absolute Gasteiger partial charge is 0.417 e. The van der Waals surface area contributed by atoms with Crippen LogP contribution in [0.3, 0.4) is 0 Å². The van der Waals surface area contributed by atoms with Crippen LogP contribution in [0.2, 0.25) is 5.02 Å². The Hall–Kier alpha value is -2.51. The van der Waals surface area contributed by atoms with Gasteiger partial charge in [-0.25, -0.2) is 0 Å². The molecule has 0 bridgehead atoms. The highest BCUT2D eigenvalue weighted by Crippen LogP contribution is 2.40. The Kier molecular flexibility index (Phi) is 6.43. The molecule has 30 heavy (non-hydrogen) atoms. The molecule has 0 spiro atoms. The Morgan fingerprint density at radius 2 is 1.80 bits per heavy atom. The number of pyridine rings is 1. The fraction of sp³-hybridized carbons (Fsp3) is 0.238. The van der Waals surface area contributed by atoms with Gasteiger partial charge in [0, 0.05) is 29.6 Å². The lowest BCUT2D eigenvalue weighted by Crippen LogP contribution is -2.48. The number of halogens is 5. The summed E-state index contributed by atoms with van der Waals surface area (Å²) in [7, 11) is 0. The van der Waals surface area contributed by atoms with Crippen molar-refractivity contribution in [2.75, 3.05) is 4.42 Å². The second kappa shape index (κ2) is 8.70. The van der Waals surface area contributed by atoms with Gasteiger partial charge in [0.2, 0.25) is 0 Å². The summed E-state index contributed by atoms with van der Waals surface area (Å²) < 4.78 is 40.7. The molecule has 1 heterocycles. The Balaban J connectivity index is 1.94. The molecule has 1 aromatic heterocycles. The van der Waals surface area contributed by atoms with Gasteiger partial charge in [-0.15, -0.1) is 0 Å². The highest BCUT2D eigenvalue weighted by atomic mass is 35.5. The third-order valence-electron chi connectivity index (χ3n) is 4.58. The zero-order valence-corrected chi connectivity index (χ0v) is 17.6. The first-order chi connectivity index (χ1) is 14.1. The number of rotatable bonds is 5. The van der Waals surface area contributed by atoms with Gasteiger partial charge in [-0.05, 0) is 23.4 Å². The molecule has 0 saturated heterocycles. The number of aromatic nitrogens is 1. The van der Waals surface area contributed by atoms with Crippen LogP contribution in [0.4, 0.5) is 18.9 Å². The van der Waals surface area contributed by atoms with Crippen molar-refractivity contribution in [3.63, 3.8) is 0 Å². The molecule has 4 nitrogen and oxygen atoms in total. The molecule has 3 rings (SSSR count). The van der Waals surface area contributed by atoms with Crippen LogP contribution in [0.1, 0.15) is 29.8 Å². The first-order valence-electron chi connectivity index (χ1n) is 9.05. The van der Waals surface area contributed by atoms with E-state index in [4.69, 9.17) is 23.4 Å². The van der Waals surface area contributed by atoms with Crippen LogP contribution in [0, 0.1) is 5.92 Å². The maximum atomic E-state index is 13.2. The second-order valence-corrected chi connectivity index (χ2v) is 7.76. The smallest absolute Gasteiger partial charge is 0.330 e. The van der Waals surface area contributed by atoms with Crippen molar-refractivity contribution in [3.8, 4) is 0 Å². The van der Waals surface area contributed by atoms with Crippen LogP contribution in [0.5, 0.6) is 0 Å². The van der Waals surface area contributed by atoms with Crippen molar-refractivity contribution >= 4 is 45.7 Å². The Labute approximate surface area is 181 Å². The van der Waals surface area contributed by atoms with Crippen molar-refractivity contribution in [1.82, 2.24) is 10.3 Å². The lowest BCUT2D eigenvalue weighted by atomic mass is 10.1. The molecule has 1 N–H and O–H groups in total. The standard InChI is InChI=1S/C21H18Cl2F3N3O/c1-12(2)19(29(23)17-9-5-8-16(18(17)22)21(24,25)26)28-20(30)15-11-27-10-13-6-3-4-7-14(13)15/h3-12,19H,1-2H3,(H,28,30). The van der Waals surface area contributed by atoms with Gasteiger partial charge in [0.05, 0.1) is 21.8 Å². The van der Waals surface area contributed by atoms with Crippen molar-refractivity contribution < 1.29 is 18.0 Å². The molecule has 158 valence electrons. The lowest BCUT2D eigenvalue weighted by Gasteiger charge is -2.32. The minimum atomic E-state index is -4.63. The lowest BCUT2D eigenvalue weighted by molar-refractivity contribution is -0.137. The van der Waals surface area contributed by atoms with Crippen molar-refractivity contribution in [1.29, 1.82) is 0 Å². The first kappa shape index (κ1) is 22.2. The van der Waals surface area contributed by atoms with E-state index < -0.39 is 28.8 Å². The summed E-state index contributed by atoms with van der Waals surface area (Å²) in [5, 5.41) is 3.73. The SMILES string of the molecule is CC(C)C(NC(=O)c1cncc2ccccc12)N(Cl)c1cccc(C(F)(F)F)c1Cl. The highest BCUT2D eigenvalue weighted by molar-refractivity contribution is 6.37. The van der Waals surface area contributed by atoms with E-state index in [0.717, 1.165) is 15.9 Å². The summed E-state index contributed by atoms with van der Waals surface area (Å²) in [6, 6.07) is 10.7. The normalized spacial score (nSPS) is 12.8. The number of nitrogens with one attached hydrogen (secondary N) is 1. The molecule has 0 aliphatic heterocycles. The van der Waals surface area contributed by atoms with Gasteiger partial charge < -0.3 is 5.32 Å². The molecule has 0 aliphatic carbocycles. The molecule has 0 aliphatic rings. The van der Waals surface area contributed by atoms with Gasteiger partial charge in [-0.2, -0.15) is 13.2 Å². The third kappa shape index (κ3) is 4.47. The van der Waals surface area contributed by atoms with E-state index in [0.29, 0.717) is 10.9 Å². The quantitative estimate of drug-likeness (QED) is 0.363. The molecule has 2 aromatic carbocycles. The molecule has 1 amide bonds. The number of amides is 1. The van der Waals surface area contributed by atoms with E-state index in [1.165, 1.54) is 18.3 Å². The Morgan fingerprint density at radius 3 is 2.47 bits per heavy atom. The van der Waals surface area contributed by atoms with Gasteiger partial charge in [-0.1, -0.05) is 55.8 Å². The number of carbonyl (C=O) groups is 1. The van der Waals surface area contributed by atoms with E-state index >= 15 is 0 Å². The molecule has 1 unspecified atom stereocenters. The summed E-state index contributed by atoms with van der Waals surface area (Å²) in [4.78, 5) is 17.1. The average molecular weight is 456 g/mol. The molecule has 3 aromatic rings. The number of anilines is 1. The highest BCUT2D eigenvalue weighted by Gasteiger charge is 2.35. The van der Waals surface area contributed by atoms with Crippen LogP contribution < -0.4 is 9.74 Å². The van der Waals surface area contributed by atoms with E-state index in [1.807, 2.05) is 12.1 Å². The Morgan fingerprint density at radius 1 is 1.10 bits per heavy atom. The monoisotopic (exact) mass is 455 g/mol. The third-order valence-corrected chi connectivity index (χ3v) is 5.37. The topological polar surface area (TPSA) is 45.2 Å². The molecule has 0 radical (unpaired) electrons. The predicted molar refractivity (Wildman–Crippen MR) is 113 cm³/mol. The maximum Gasteiger partial charge on any atom is 0.417 e. The van der Waals surface area contributed by atoms with Gasteiger partial charge in [0.1, 0.15) is 6.17 Å². The number of nitrogens with zero attached hydrogens (tertiary/aromatic N) is 2. The number of fused-ring (bicyclic) bond motifs is 1. The van der Waals surface area contributed by atoms with Crippen LogP contribution in [-0.2, 0) is 6.18 Å². The van der Waals surface area contributed by atoms with Crippen molar-refractivity contribution in [2.45, 2.75) is 26.2 Å². The number of hydrogen-bond donors (Lipinski definition) is 1. The average Bonchev–Trinajstić information content (AvgIpc) is 2.70. The minimum Gasteiger partial charge on any atom is -0.330 e. The van der Waals surface area contributed by atoms with E-state index in [-0.39, 0.29) is 11.6 Å². The summed E-state index contributed by atoms with van der Waals surface area (Å²) in [5.74, 6) is -0.702. The molecule has 1 atom stereocenters. The van der Waals surface area contributed by atoms with Crippen LogP contribution in [-0.4, -0.2) is 17.1 Å². The Bertz CT molecular complexity index is 1070. The van der Waals surface area contributed by atoms with Crippen LogP contribution in [0.15, 0.2) is 54.9 Å². The summed E-state index contributed by atoms with van der Waals surface area (Å²) in [6.45, 7) is 3.56. The zero-order valence-electron chi connectivity index (χ0n) is 16.0. The number of hydrogen-bond acceptors (Lipinski definition) is 3. The number of alkyl halides is 3. The second-order valence-electron chi connectivity index (χ2n) is 7.02. The first-order valence-corrected chi connectivity index (χ1v) is 9.77. The van der Waals surface area contributed by atoms with Gasteiger partial charge in [-0.3, -0.25) is 14.2 Å². The van der Waals surface area contributed by atoms with E-state index in [2.05, 4.69) is 10.3 Å². The summed E-state index contributed by atoms with van der Waals surface area (Å²) in [5.41, 5.74) is -0.721. The zero-order chi connectivity index (χ0) is 22.1. The van der Waals surface area contributed by atoms with Crippen molar-refractivity contribution in [2.24, 2.45) is 5.92 Å². The minimum absolute atomic E-state index is 0.0526. The molecule has 0 saturated carbocycles. The molecular weight excluding hydrogens is 438 g/mol. The maximum absolute atomic E-state index is 13.2. The molecular formula is C21H18Cl2F3N3O. The van der Waals surface area contributed by atoms with Crippen molar-refractivity contribution in [3.05, 3.63) is 71.0 Å². The number of benzene rings is 2. The number of carbonyl (C=O) groups excluding carboxylic acids is 1. The van der Waals surface area contributed by atoms with Crippen LogP contribution >= 0.6 is 23.4 Å². The fourth-order valence-electron chi connectivity index (χ4n) is 3.05. The molecule has 0 fully saturated rings.